The Balaban J connectivity index is 1.71. The first-order valence-corrected chi connectivity index (χ1v) is 13.4. The molecule has 1 aromatic heterocycles. The monoisotopic (exact) mass is 518 g/mol. The summed E-state index contributed by atoms with van der Waals surface area (Å²) in [6.45, 7) is 4.49. The molecule has 0 saturated carbocycles. The molecule has 0 aliphatic heterocycles. The van der Waals surface area contributed by atoms with Gasteiger partial charge in [0, 0.05) is 36.6 Å². The predicted octanol–water partition coefficient (Wildman–Crippen LogP) is 5.34. The van der Waals surface area contributed by atoms with Crippen LogP contribution in [-0.4, -0.2) is 56.0 Å². The molecule has 1 heterocycles. The molecule has 4 aromatic rings. The Hall–Kier alpha value is -3.95. The number of sulfonamides is 1. The van der Waals surface area contributed by atoms with Crippen LogP contribution < -0.4 is 9.47 Å². The van der Waals surface area contributed by atoms with Crippen LogP contribution in [0, 0.1) is 0 Å². The second kappa shape index (κ2) is 11.4. The van der Waals surface area contributed by atoms with Crippen LogP contribution in [0.5, 0.6) is 11.5 Å². The van der Waals surface area contributed by atoms with E-state index < -0.39 is 10.0 Å². The third-order valence-electron chi connectivity index (χ3n) is 5.95. The predicted molar refractivity (Wildman–Crippen MR) is 146 cm³/mol. The maximum atomic E-state index is 12.8. The first-order chi connectivity index (χ1) is 17.9. The zero-order chi connectivity index (χ0) is 26.4. The van der Waals surface area contributed by atoms with Gasteiger partial charge in [0.1, 0.15) is 5.69 Å². The fourth-order valence-corrected chi connectivity index (χ4v) is 5.42. The highest BCUT2D eigenvalue weighted by atomic mass is 32.2. The van der Waals surface area contributed by atoms with Gasteiger partial charge in [-0.3, -0.25) is 4.99 Å². The zero-order valence-electron chi connectivity index (χ0n) is 21.3. The molecule has 0 saturated heterocycles. The highest BCUT2D eigenvalue weighted by Gasteiger charge is 2.21. The average Bonchev–Trinajstić information content (AvgIpc) is 3.37. The van der Waals surface area contributed by atoms with E-state index in [2.05, 4.69) is 4.99 Å². The normalized spacial score (nSPS) is 11.8. The fourth-order valence-electron chi connectivity index (χ4n) is 3.96. The maximum Gasteiger partial charge on any atom is 0.243 e. The number of ether oxygens (including phenoxy) is 2. The smallest absolute Gasteiger partial charge is 0.243 e. The minimum Gasteiger partial charge on any atom is -0.493 e. The van der Waals surface area contributed by atoms with Gasteiger partial charge in [-0.2, -0.15) is 9.40 Å². The van der Waals surface area contributed by atoms with Crippen molar-refractivity contribution in [3.8, 4) is 28.4 Å². The number of aliphatic imine (C=N–C) groups is 1. The van der Waals surface area contributed by atoms with E-state index in [1.54, 1.807) is 49.4 Å². The van der Waals surface area contributed by atoms with Crippen LogP contribution in [0.4, 0.5) is 5.69 Å². The van der Waals surface area contributed by atoms with Gasteiger partial charge in [-0.25, -0.2) is 13.1 Å². The molecular formula is C28H30N4O4S. The van der Waals surface area contributed by atoms with Gasteiger partial charge in [-0.15, -0.1) is 0 Å². The van der Waals surface area contributed by atoms with Gasteiger partial charge in [0.05, 0.1) is 30.5 Å². The molecule has 0 unspecified atom stereocenters. The molecule has 4 rings (SSSR count). The Labute approximate surface area is 217 Å². The number of hydrogen-bond donors (Lipinski definition) is 0. The maximum absolute atomic E-state index is 12.8. The first-order valence-electron chi connectivity index (χ1n) is 11.9. The fraction of sp³-hybridized carbons (Fsp3) is 0.214. The molecule has 0 fully saturated rings. The SMILES string of the molecule is CCN(CC)S(=O)(=O)c1ccc(N=Cc2cn(-c3ccccc3)nc2-c2ccc(OC)c(OC)c2)cc1. The quantitative estimate of drug-likeness (QED) is 0.265. The summed E-state index contributed by atoms with van der Waals surface area (Å²) >= 11 is 0. The van der Waals surface area contributed by atoms with Crippen LogP contribution in [0.2, 0.25) is 0 Å². The Kier molecular flexibility index (Phi) is 8.05. The highest BCUT2D eigenvalue weighted by Crippen LogP contribution is 2.33. The highest BCUT2D eigenvalue weighted by molar-refractivity contribution is 7.89. The van der Waals surface area contributed by atoms with Crippen molar-refractivity contribution < 1.29 is 17.9 Å². The van der Waals surface area contributed by atoms with E-state index in [0.29, 0.717) is 36.0 Å². The number of nitrogens with zero attached hydrogens (tertiary/aromatic N) is 4. The molecule has 0 spiro atoms. The molecule has 0 bridgehead atoms. The van der Waals surface area contributed by atoms with E-state index in [-0.39, 0.29) is 4.90 Å². The van der Waals surface area contributed by atoms with Crippen molar-refractivity contribution in [3.63, 3.8) is 0 Å². The number of benzene rings is 3. The number of para-hydroxylation sites is 1. The van der Waals surface area contributed by atoms with Crippen molar-refractivity contribution in [1.82, 2.24) is 14.1 Å². The van der Waals surface area contributed by atoms with Crippen molar-refractivity contribution in [3.05, 3.63) is 84.6 Å². The number of rotatable bonds is 10. The molecule has 192 valence electrons. The van der Waals surface area contributed by atoms with Gasteiger partial charge in [0.25, 0.3) is 0 Å². The molecule has 0 N–H and O–H groups in total. The number of aromatic nitrogens is 2. The van der Waals surface area contributed by atoms with Crippen LogP contribution in [0.3, 0.4) is 0 Å². The largest absolute Gasteiger partial charge is 0.493 e. The lowest BCUT2D eigenvalue weighted by Crippen LogP contribution is -2.30. The summed E-state index contributed by atoms with van der Waals surface area (Å²) in [4.78, 5) is 4.86. The Morgan fingerprint density at radius 3 is 2.22 bits per heavy atom. The third-order valence-corrected chi connectivity index (χ3v) is 8.02. The summed E-state index contributed by atoms with van der Waals surface area (Å²) in [5.74, 6) is 1.23. The lowest BCUT2D eigenvalue weighted by atomic mass is 10.1. The summed E-state index contributed by atoms with van der Waals surface area (Å²) in [5, 5.41) is 4.82. The first kappa shape index (κ1) is 26.1. The Morgan fingerprint density at radius 1 is 0.919 bits per heavy atom. The van der Waals surface area contributed by atoms with E-state index in [4.69, 9.17) is 14.6 Å². The summed E-state index contributed by atoms with van der Waals surface area (Å²) in [6, 6.07) is 22.0. The standard InChI is InChI=1S/C28H30N4O4S/c1-5-31(6-2)37(33,34)25-15-13-23(14-16-25)29-19-22-20-32(24-10-8-7-9-11-24)30-28(22)21-12-17-26(35-3)27(18-21)36-4/h7-20H,5-6H2,1-4H3. The Bertz CT molecular complexity index is 1480. The van der Waals surface area contributed by atoms with E-state index in [1.807, 2.05) is 68.6 Å². The second-order valence-corrected chi connectivity index (χ2v) is 10.1. The summed E-state index contributed by atoms with van der Waals surface area (Å²) < 4.78 is 39.6. The van der Waals surface area contributed by atoms with Gasteiger partial charge < -0.3 is 9.47 Å². The van der Waals surface area contributed by atoms with Crippen LogP contribution in [0.1, 0.15) is 19.4 Å². The lowest BCUT2D eigenvalue weighted by Gasteiger charge is -2.18. The van der Waals surface area contributed by atoms with Crippen molar-refractivity contribution in [2.75, 3.05) is 27.3 Å². The topological polar surface area (TPSA) is 86.0 Å². The van der Waals surface area contributed by atoms with Crippen LogP contribution in [0.25, 0.3) is 16.9 Å². The molecule has 0 aliphatic carbocycles. The zero-order valence-corrected chi connectivity index (χ0v) is 22.1. The van der Waals surface area contributed by atoms with E-state index in [1.165, 1.54) is 4.31 Å². The number of methoxy groups -OCH3 is 2. The van der Waals surface area contributed by atoms with Crippen molar-refractivity contribution >= 4 is 21.9 Å². The lowest BCUT2D eigenvalue weighted by molar-refractivity contribution is 0.355. The van der Waals surface area contributed by atoms with Crippen LogP contribution >= 0.6 is 0 Å². The van der Waals surface area contributed by atoms with Gasteiger partial charge >= 0.3 is 0 Å². The summed E-state index contributed by atoms with van der Waals surface area (Å²) in [7, 11) is -0.332. The van der Waals surface area contributed by atoms with Gasteiger partial charge in [-0.05, 0) is 54.6 Å². The van der Waals surface area contributed by atoms with Crippen molar-refractivity contribution in [2.24, 2.45) is 4.99 Å². The second-order valence-electron chi connectivity index (χ2n) is 8.12. The van der Waals surface area contributed by atoms with E-state index in [9.17, 15) is 8.42 Å². The minimum atomic E-state index is -3.52. The number of hydrogen-bond acceptors (Lipinski definition) is 6. The molecule has 0 aliphatic rings. The van der Waals surface area contributed by atoms with Gasteiger partial charge in [0.2, 0.25) is 10.0 Å². The third kappa shape index (κ3) is 5.58. The molecule has 0 radical (unpaired) electrons. The van der Waals surface area contributed by atoms with Gasteiger partial charge in [0.15, 0.2) is 11.5 Å². The molecule has 0 amide bonds. The molecule has 37 heavy (non-hydrogen) atoms. The average molecular weight is 519 g/mol. The molecule has 0 atom stereocenters. The summed E-state index contributed by atoms with van der Waals surface area (Å²) in [5.41, 5.74) is 3.89. The molecule has 3 aromatic carbocycles. The molecular weight excluding hydrogens is 488 g/mol. The van der Waals surface area contributed by atoms with Crippen LogP contribution in [-0.2, 0) is 10.0 Å². The van der Waals surface area contributed by atoms with Gasteiger partial charge in [-0.1, -0.05) is 32.0 Å². The molecule has 9 heteroatoms. The van der Waals surface area contributed by atoms with E-state index in [0.717, 1.165) is 16.8 Å². The summed E-state index contributed by atoms with van der Waals surface area (Å²) in [6.07, 6.45) is 3.64. The Morgan fingerprint density at radius 2 is 1.59 bits per heavy atom. The molecule has 8 nitrogen and oxygen atoms in total. The van der Waals surface area contributed by atoms with E-state index >= 15 is 0 Å². The van der Waals surface area contributed by atoms with Crippen molar-refractivity contribution in [1.29, 1.82) is 0 Å². The van der Waals surface area contributed by atoms with Crippen LogP contribution in [0.15, 0.2) is 88.9 Å². The minimum absolute atomic E-state index is 0.248. The van der Waals surface area contributed by atoms with Crippen molar-refractivity contribution in [2.45, 2.75) is 18.7 Å².